The first-order chi connectivity index (χ1) is 8.45. The van der Waals surface area contributed by atoms with Crippen LogP contribution >= 0.6 is 0 Å². The van der Waals surface area contributed by atoms with Gasteiger partial charge in [0.25, 0.3) is 0 Å². The summed E-state index contributed by atoms with van der Waals surface area (Å²) < 4.78 is 0. The van der Waals surface area contributed by atoms with Crippen LogP contribution in [0.1, 0.15) is 54.1 Å². The third-order valence-corrected chi connectivity index (χ3v) is 3.15. The molecule has 18 heavy (non-hydrogen) atoms. The Kier molecular flexibility index (Phi) is 4.89. The number of carboxylic acids is 2. The van der Waals surface area contributed by atoms with E-state index in [0.29, 0.717) is 11.5 Å². The lowest BCUT2D eigenvalue weighted by atomic mass is 9.93. The van der Waals surface area contributed by atoms with Gasteiger partial charge in [-0.3, -0.25) is 4.79 Å². The van der Waals surface area contributed by atoms with Crippen LogP contribution in [-0.4, -0.2) is 22.2 Å². The van der Waals surface area contributed by atoms with Crippen molar-refractivity contribution in [2.45, 2.75) is 39.0 Å². The highest BCUT2D eigenvalue weighted by molar-refractivity contribution is 5.89. The van der Waals surface area contributed by atoms with E-state index >= 15 is 0 Å². The molecule has 0 aliphatic heterocycles. The van der Waals surface area contributed by atoms with Crippen LogP contribution in [0.2, 0.25) is 0 Å². The summed E-state index contributed by atoms with van der Waals surface area (Å²) in [6.45, 7) is 4.08. The van der Waals surface area contributed by atoms with Gasteiger partial charge < -0.3 is 10.2 Å². The third-order valence-electron chi connectivity index (χ3n) is 3.15. The van der Waals surface area contributed by atoms with Crippen LogP contribution in [0.25, 0.3) is 0 Å². The summed E-state index contributed by atoms with van der Waals surface area (Å²) in [5.41, 5.74) is 1.78. The van der Waals surface area contributed by atoms with Crippen molar-refractivity contribution in [3.8, 4) is 0 Å². The van der Waals surface area contributed by atoms with Gasteiger partial charge in [-0.2, -0.15) is 0 Å². The molecule has 0 fully saturated rings. The fraction of sp³-hybridized carbons (Fsp3) is 0.429. The number of benzene rings is 1. The molecule has 2 N–H and O–H groups in total. The Balaban J connectivity index is 3.04. The zero-order valence-corrected chi connectivity index (χ0v) is 10.6. The van der Waals surface area contributed by atoms with Crippen molar-refractivity contribution in [1.82, 2.24) is 0 Å². The summed E-state index contributed by atoms with van der Waals surface area (Å²) in [4.78, 5) is 21.7. The summed E-state index contributed by atoms with van der Waals surface area (Å²) >= 11 is 0. The Bertz CT molecular complexity index is 451. The van der Waals surface area contributed by atoms with E-state index in [1.807, 2.05) is 19.9 Å². The van der Waals surface area contributed by atoms with Gasteiger partial charge in [-0.1, -0.05) is 26.0 Å². The van der Waals surface area contributed by atoms with Crippen LogP contribution in [0.5, 0.6) is 0 Å². The van der Waals surface area contributed by atoms with E-state index in [-0.39, 0.29) is 18.4 Å². The van der Waals surface area contributed by atoms with Gasteiger partial charge in [-0.15, -0.1) is 0 Å². The molecule has 4 nitrogen and oxygen atoms in total. The van der Waals surface area contributed by atoms with Crippen LogP contribution in [0.3, 0.4) is 0 Å². The van der Waals surface area contributed by atoms with Crippen molar-refractivity contribution in [2.24, 2.45) is 0 Å². The van der Waals surface area contributed by atoms with Gasteiger partial charge in [-0.05, 0) is 36.0 Å². The minimum Gasteiger partial charge on any atom is -0.481 e. The molecule has 1 aromatic carbocycles. The number of rotatable bonds is 6. The fourth-order valence-electron chi connectivity index (χ4n) is 1.79. The molecule has 1 aromatic rings. The molecule has 0 aromatic heterocycles. The summed E-state index contributed by atoms with van der Waals surface area (Å²) in [7, 11) is 0. The minimum atomic E-state index is -0.999. The molecule has 0 spiro atoms. The molecule has 0 heterocycles. The number of hydrogen-bond donors (Lipinski definition) is 2. The largest absolute Gasteiger partial charge is 0.481 e. The third kappa shape index (κ3) is 3.58. The molecule has 0 aliphatic carbocycles. The maximum absolute atomic E-state index is 11.2. The first-order valence-corrected chi connectivity index (χ1v) is 6.03. The Labute approximate surface area is 106 Å². The highest BCUT2D eigenvalue weighted by Crippen LogP contribution is 2.22. The maximum atomic E-state index is 11.2. The maximum Gasteiger partial charge on any atom is 0.335 e. The van der Waals surface area contributed by atoms with Gasteiger partial charge in [0.05, 0.1) is 5.56 Å². The van der Waals surface area contributed by atoms with Gasteiger partial charge in [-0.25, -0.2) is 4.79 Å². The molecule has 4 heteroatoms. The van der Waals surface area contributed by atoms with Gasteiger partial charge in [0.2, 0.25) is 0 Å². The molecule has 0 saturated heterocycles. The highest BCUT2D eigenvalue weighted by Gasteiger charge is 2.14. The van der Waals surface area contributed by atoms with Crippen molar-refractivity contribution < 1.29 is 19.8 Å². The van der Waals surface area contributed by atoms with E-state index in [4.69, 9.17) is 10.2 Å². The molecule has 1 unspecified atom stereocenters. The molecule has 98 valence electrons. The lowest BCUT2D eigenvalue weighted by molar-refractivity contribution is -0.136. The molecular weight excluding hydrogens is 232 g/mol. The number of carbonyl (C=O) groups is 2. The Hall–Kier alpha value is -1.84. The zero-order valence-electron chi connectivity index (χ0n) is 10.6. The molecule has 0 amide bonds. The second-order valence-electron chi connectivity index (χ2n) is 4.42. The highest BCUT2D eigenvalue weighted by atomic mass is 16.4. The summed E-state index contributed by atoms with van der Waals surface area (Å²) in [6, 6.07) is 5.28. The molecule has 0 aliphatic rings. The monoisotopic (exact) mass is 250 g/mol. The topological polar surface area (TPSA) is 74.6 Å². The van der Waals surface area contributed by atoms with E-state index in [2.05, 4.69) is 0 Å². The van der Waals surface area contributed by atoms with Crippen molar-refractivity contribution in [2.75, 3.05) is 0 Å². The van der Waals surface area contributed by atoms with Crippen LogP contribution in [0.4, 0.5) is 0 Å². The Morgan fingerprint density at radius 1 is 1.28 bits per heavy atom. The average Bonchev–Trinajstić information content (AvgIpc) is 2.34. The normalized spacial score (nSPS) is 12.1. The fourth-order valence-corrected chi connectivity index (χ4v) is 1.79. The van der Waals surface area contributed by atoms with E-state index < -0.39 is 11.9 Å². The lowest BCUT2D eigenvalue weighted by Gasteiger charge is -2.12. The summed E-state index contributed by atoms with van der Waals surface area (Å²) in [5, 5.41) is 17.8. The van der Waals surface area contributed by atoms with E-state index in [0.717, 1.165) is 12.0 Å². The number of aryl methyl sites for hydroxylation is 1. The molecule has 0 bridgehead atoms. The number of aromatic carboxylic acids is 1. The first kappa shape index (κ1) is 14.2. The van der Waals surface area contributed by atoms with Gasteiger partial charge >= 0.3 is 11.9 Å². The smallest absolute Gasteiger partial charge is 0.335 e. The summed E-state index contributed by atoms with van der Waals surface area (Å²) in [6.07, 6.45) is 1.13. The Morgan fingerprint density at radius 2 is 1.94 bits per heavy atom. The van der Waals surface area contributed by atoms with Crippen molar-refractivity contribution >= 4 is 11.9 Å². The second kappa shape index (κ2) is 6.19. The predicted octanol–water partition coefficient (Wildman–Crippen LogP) is 2.92. The molecule has 1 atom stereocenters. The van der Waals surface area contributed by atoms with Crippen LogP contribution in [-0.2, 0) is 11.2 Å². The molecule has 0 saturated carbocycles. The number of aliphatic carboxylic acids is 1. The predicted molar refractivity (Wildman–Crippen MR) is 68.1 cm³/mol. The minimum absolute atomic E-state index is 0.0526. The number of carboxylic acid groups (broad SMARTS) is 2. The lowest BCUT2D eigenvalue weighted by Crippen LogP contribution is -2.07. The molecule has 1 rings (SSSR count). The van der Waals surface area contributed by atoms with Crippen LogP contribution in [0.15, 0.2) is 18.2 Å². The van der Waals surface area contributed by atoms with Gasteiger partial charge in [0.1, 0.15) is 0 Å². The summed E-state index contributed by atoms with van der Waals surface area (Å²) in [5.74, 6) is -1.62. The van der Waals surface area contributed by atoms with Crippen molar-refractivity contribution in [3.63, 3.8) is 0 Å². The molecule has 0 radical (unpaired) electrons. The Morgan fingerprint density at radius 3 is 2.44 bits per heavy atom. The van der Waals surface area contributed by atoms with Crippen molar-refractivity contribution in [1.29, 1.82) is 0 Å². The standard InChI is InChI=1S/C14H18O4/c1-3-9(2)11-5-4-10(6-7-13(15)16)12(8-11)14(17)18/h4-5,8-9H,3,6-7H2,1-2H3,(H,15,16)(H,17,18). The van der Waals surface area contributed by atoms with E-state index in [9.17, 15) is 9.59 Å². The number of hydrogen-bond acceptors (Lipinski definition) is 2. The van der Waals surface area contributed by atoms with Gasteiger partial charge in [0.15, 0.2) is 0 Å². The quantitative estimate of drug-likeness (QED) is 0.814. The zero-order chi connectivity index (χ0) is 13.7. The second-order valence-corrected chi connectivity index (χ2v) is 4.42. The van der Waals surface area contributed by atoms with Crippen LogP contribution < -0.4 is 0 Å². The van der Waals surface area contributed by atoms with Gasteiger partial charge in [0, 0.05) is 6.42 Å². The van der Waals surface area contributed by atoms with E-state index in [1.165, 1.54) is 0 Å². The van der Waals surface area contributed by atoms with E-state index in [1.54, 1.807) is 12.1 Å². The van der Waals surface area contributed by atoms with Crippen LogP contribution in [0, 0.1) is 0 Å². The average molecular weight is 250 g/mol. The SMILES string of the molecule is CCC(C)c1ccc(CCC(=O)O)c(C(=O)O)c1. The molecular formula is C14H18O4. The first-order valence-electron chi connectivity index (χ1n) is 6.03. The van der Waals surface area contributed by atoms with Crippen molar-refractivity contribution in [3.05, 3.63) is 34.9 Å².